The predicted molar refractivity (Wildman–Crippen MR) is 220 cm³/mol. The predicted octanol–water partition coefficient (Wildman–Crippen LogP) is 11.8. The Morgan fingerprint density at radius 3 is 1.52 bits per heavy atom. The van der Waals surface area contributed by atoms with E-state index in [1.54, 1.807) is 64.1 Å². The Bertz CT molecular complexity index is 2650. The molecule has 0 aliphatic heterocycles. The fourth-order valence-corrected chi connectivity index (χ4v) is 7.73. The second-order valence-electron chi connectivity index (χ2n) is 16.5. The highest BCUT2D eigenvalue weighted by molar-refractivity contribution is 5.85. The molecule has 0 bridgehead atoms. The lowest BCUT2D eigenvalue weighted by atomic mass is 9.91. The number of halogens is 6. The van der Waals surface area contributed by atoms with Crippen molar-refractivity contribution in [3.63, 3.8) is 0 Å². The van der Waals surface area contributed by atoms with Crippen LogP contribution in [0.5, 0.6) is 11.5 Å². The van der Waals surface area contributed by atoms with E-state index >= 15 is 0 Å². The number of aliphatic hydroxyl groups is 1. The van der Waals surface area contributed by atoms with E-state index in [0.717, 1.165) is 11.1 Å². The van der Waals surface area contributed by atoms with E-state index in [2.05, 4.69) is 9.47 Å². The Labute approximate surface area is 347 Å². The summed E-state index contributed by atoms with van der Waals surface area (Å²) in [5.74, 6) is -1.01. The van der Waals surface area contributed by atoms with Crippen LogP contribution in [0.4, 0.5) is 26.3 Å². The van der Waals surface area contributed by atoms with Crippen molar-refractivity contribution in [2.45, 2.75) is 110 Å². The summed E-state index contributed by atoms with van der Waals surface area (Å²) < 4.78 is 106. The maximum absolute atomic E-state index is 13.3. The van der Waals surface area contributed by atoms with Crippen molar-refractivity contribution in [2.24, 2.45) is 0 Å². The molecule has 8 nitrogen and oxygen atoms in total. The Morgan fingerprint density at radius 1 is 0.607 bits per heavy atom. The standard InChI is InChI=1S/C47H46F6O8/c1-7-28-13-19-35(41(21-28)61-47(51,52)53)37-25-32-15-10-30(23-39(32)58-43(37)55)12-17-33(59-45(5,6)26-44(3,4)56)16-11-29-9-14-31-24-36(42(54)57-38(31)22-29)34-18-8-27(2)20-40(34)60-46(48,49)50/h8-10,13-15,18-25,33,56H,7,11-12,16-17,26H2,1-6H3. The molecular weight excluding hydrogens is 806 g/mol. The zero-order valence-electron chi connectivity index (χ0n) is 34.5. The van der Waals surface area contributed by atoms with Crippen molar-refractivity contribution in [3.8, 4) is 33.8 Å². The SMILES string of the molecule is CCc1ccc(-c2cc3ccc(CCC(CCc4ccc5cc(-c6ccc(C)cc6OC(F)(F)F)c(=O)oc5c4)OC(C)(C)CC(C)(C)O)cc3oc2=O)c(OC(F)(F)F)c1. The van der Waals surface area contributed by atoms with Crippen LogP contribution in [0, 0.1) is 6.92 Å². The zero-order chi connectivity index (χ0) is 44.5. The van der Waals surface area contributed by atoms with Gasteiger partial charge in [0, 0.05) is 28.3 Å². The first-order valence-corrected chi connectivity index (χ1v) is 19.7. The van der Waals surface area contributed by atoms with Crippen molar-refractivity contribution in [3.05, 3.63) is 128 Å². The molecule has 14 heteroatoms. The highest BCUT2D eigenvalue weighted by Crippen LogP contribution is 2.37. The minimum atomic E-state index is -4.97. The first-order valence-electron chi connectivity index (χ1n) is 19.7. The molecule has 0 amide bonds. The average Bonchev–Trinajstić information content (AvgIpc) is 3.13. The van der Waals surface area contributed by atoms with Crippen LogP contribution < -0.4 is 20.7 Å². The quantitative estimate of drug-likeness (QED) is 0.0804. The molecule has 1 unspecified atom stereocenters. The summed E-state index contributed by atoms with van der Waals surface area (Å²) in [5.41, 5.74) is -0.434. The summed E-state index contributed by atoms with van der Waals surface area (Å²) in [6.45, 7) is 10.6. The molecule has 0 aliphatic rings. The van der Waals surface area contributed by atoms with Crippen molar-refractivity contribution in [2.75, 3.05) is 0 Å². The molecule has 1 N–H and O–H groups in total. The van der Waals surface area contributed by atoms with Gasteiger partial charge in [0.15, 0.2) is 0 Å². The maximum atomic E-state index is 13.3. The Balaban J connectivity index is 1.22. The lowest BCUT2D eigenvalue weighted by Gasteiger charge is -2.35. The normalized spacial score (nSPS) is 13.2. The smallest absolute Gasteiger partial charge is 0.422 e. The number of ether oxygens (including phenoxy) is 3. The molecule has 61 heavy (non-hydrogen) atoms. The van der Waals surface area contributed by atoms with E-state index in [4.69, 9.17) is 13.6 Å². The average molecular weight is 853 g/mol. The van der Waals surface area contributed by atoms with Gasteiger partial charge in [0.1, 0.15) is 22.7 Å². The number of rotatable bonds is 15. The lowest BCUT2D eigenvalue weighted by Crippen LogP contribution is -2.38. The van der Waals surface area contributed by atoms with E-state index in [1.807, 2.05) is 26.0 Å². The summed E-state index contributed by atoms with van der Waals surface area (Å²) in [4.78, 5) is 26.4. The van der Waals surface area contributed by atoms with Gasteiger partial charge in [-0.3, -0.25) is 0 Å². The Hall–Kier alpha value is -5.60. The summed E-state index contributed by atoms with van der Waals surface area (Å²) >= 11 is 0. The van der Waals surface area contributed by atoms with Gasteiger partial charge in [-0.1, -0.05) is 55.5 Å². The van der Waals surface area contributed by atoms with Gasteiger partial charge in [0.2, 0.25) is 0 Å². The third-order valence-corrected chi connectivity index (χ3v) is 10.1. The number of hydrogen-bond acceptors (Lipinski definition) is 8. The Kier molecular flexibility index (Phi) is 12.8. The largest absolute Gasteiger partial charge is 0.573 e. The van der Waals surface area contributed by atoms with Crippen LogP contribution in [0.15, 0.2) is 103 Å². The molecule has 2 aromatic heterocycles. The molecular formula is C47H46F6O8. The van der Waals surface area contributed by atoms with Gasteiger partial charge in [0.05, 0.1) is 28.4 Å². The van der Waals surface area contributed by atoms with Gasteiger partial charge in [0.25, 0.3) is 0 Å². The lowest BCUT2D eigenvalue weighted by molar-refractivity contribution is -0.275. The molecule has 0 spiro atoms. The van der Waals surface area contributed by atoms with E-state index < -0.39 is 46.7 Å². The first kappa shape index (κ1) is 44.9. The molecule has 0 fully saturated rings. The molecule has 0 radical (unpaired) electrons. The van der Waals surface area contributed by atoms with Crippen molar-refractivity contribution >= 4 is 21.9 Å². The van der Waals surface area contributed by atoms with Gasteiger partial charge in [-0.25, -0.2) is 9.59 Å². The minimum Gasteiger partial charge on any atom is -0.422 e. The van der Waals surface area contributed by atoms with E-state index in [9.17, 15) is 41.0 Å². The molecule has 324 valence electrons. The number of alkyl halides is 6. The molecule has 2 heterocycles. The van der Waals surface area contributed by atoms with Crippen LogP contribution in [0.3, 0.4) is 0 Å². The monoisotopic (exact) mass is 852 g/mol. The molecule has 0 saturated heterocycles. The molecule has 1 atom stereocenters. The summed E-state index contributed by atoms with van der Waals surface area (Å²) in [6, 6.07) is 22.0. The fraction of sp³-hybridized carbons (Fsp3) is 0.362. The van der Waals surface area contributed by atoms with Gasteiger partial charge >= 0.3 is 24.0 Å². The van der Waals surface area contributed by atoms with E-state index in [-0.39, 0.29) is 39.5 Å². The summed E-state index contributed by atoms with van der Waals surface area (Å²) in [6.07, 6.45) is -7.49. The molecule has 4 aromatic carbocycles. The third kappa shape index (κ3) is 12.0. The highest BCUT2D eigenvalue weighted by atomic mass is 19.4. The number of benzene rings is 4. The second-order valence-corrected chi connectivity index (χ2v) is 16.5. The number of fused-ring (bicyclic) bond motifs is 2. The topological polar surface area (TPSA) is 108 Å². The zero-order valence-corrected chi connectivity index (χ0v) is 34.5. The summed E-state index contributed by atoms with van der Waals surface area (Å²) in [5, 5.41) is 11.6. The second kappa shape index (κ2) is 17.4. The van der Waals surface area contributed by atoms with Crippen molar-refractivity contribution in [1.29, 1.82) is 0 Å². The molecule has 0 aliphatic carbocycles. The Morgan fingerprint density at radius 2 is 1.07 bits per heavy atom. The van der Waals surface area contributed by atoms with Crippen LogP contribution >= 0.6 is 0 Å². The van der Waals surface area contributed by atoms with Crippen LogP contribution in [0.2, 0.25) is 0 Å². The van der Waals surface area contributed by atoms with Gasteiger partial charge in [-0.15, -0.1) is 26.3 Å². The molecule has 0 saturated carbocycles. The van der Waals surface area contributed by atoms with Crippen LogP contribution in [0.1, 0.15) is 76.1 Å². The first-order chi connectivity index (χ1) is 28.4. The summed E-state index contributed by atoms with van der Waals surface area (Å²) in [7, 11) is 0. The number of aryl methyl sites for hydroxylation is 4. The molecule has 6 rings (SSSR count). The van der Waals surface area contributed by atoms with Gasteiger partial charge < -0.3 is 28.2 Å². The maximum Gasteiger partial charge on any atom is 0.573 e. The van der Waals surface area contributed by atoms with Gasteiger partial charge in [-0.2, -0.15) is 0 Å². The molecule has 6 aromatic rings. The van der Waals surface area contributed by atoms with E-state index in [0.29, 0.717) is 60.4 Å². The van der Waals surface area contributed by atoms with E-state index in [1.165, 1.54) is 36.4 Å². The van der Waals surface area contributed by atoms with Crippen LogP contribution in [0.25, 0.3) is 44.2 Å². The highest BCUT2D eigenvalue weighted by Gasteiger charge is 2.34. The van der Waals surface area contributed by atoms with Crippen molar-refractivity contribution < 1.29 is 54.5 Å². The van der Waals surface area contributed by atoms with Gasteiger partial charge in [-0.05, 0) is 125 Å². The fourth-order valence-electron chi connectivity index (χ4n) is 7.73. The minimum absolute atomic E-state index is 0.0444. The van der Waals surface area contributed by atoms with Crippen molar-refractivity contribution in [1.82, 2.24) is 0 Å². The van der Waals surface area contributed by atoms with Crippen LogP contribution in [-0.4, -0.2) is 35.1 Å². The number of hydrogen-bond donors (Lipinski definition) is 1. The third-order valence-electron chi connectivity index (χ3n) is 10.1. The van der Waals surface area contributed by atoms with Crippen LogP contribution in [-0.2, 0) is 24.0 Å².